The molecule has 0 bridgehead atoms. The van der Waals surface area contributed by atoms with Crippen molar-refractivity contribution in [2.45, 2.75) is 44.6 Å². The molecular weight excluding hydrogens is 404 g/mol. The fourth-order valence-electron chi connectivity index (χ4n) is 4.54. The van der Waals surface area contributed by atoms with Crippen LogP contribution in [0.25, 0.3) is 5.52 Å². The Morgan fingerprint density at radius 3 is 2.97 bits per heavy atom. The Bertz CT molecular complexity index is 1230. The molecule has 160 valence electrons. The Morgan fingerprint density at radius 1 is 1.26 bits per heavy atom. The number of hydrogen-bond acceptors (Lipinski definition) is 6. The van der Waals surface area contributed by atoms with Crippen molar-refractivity contribution in [3.05, 3.63) is 59.3 Å². The highest BCUT2D eigenvalue weighted by molar-refractivity contribution is 5.58. The molecule has 1 fully saturated rings. The number of anilines is 1. The van der Waals surface area contributed by atoms with E-state index < -0.39 is 12.5 Å². The van der Waals surface area contributed by atoms with E-state index in [1.807, 2.05) is 4.90 Å². The van der Waals surface area contributed by atoms with Crippen LogP contribution in [0.15, 0.2) is 35.1 Å². The van der Waals surface area contributed by atoms with Gasteiger partial charge in [-0.3, -0.25) is 0 Å². The zero-order chi connectivity index (χ0) is 20.9. The van der Waals surface area contributed by atoms with Gasteiger partial charge in [-0.25, -0.2) is 18.3 Å². The molecule has 8 nitrogen and oxygen atoms in total. The lowest BCUT2D eigenvalue weighted by atomic mass is 9.83. The van der Waals surface area contributed by atoms with Gasteiger partial charge in [0.25, 0.3) is 6.43 Å². The molecule has 0 aromatic carbocycles. The Balaban J connectivity index is 1.41. The quantitative estimate of drug-likeness (QED) is 0.522. The molecule has 1 atom stereocenters. The molecule has 1 aliphatic carbocycles. The van der Waals surface area contributed by atoms with Crippen molar-refractivity contribution >= 4 is 11.5 Å². The number of pyridine rings is 1. The highest BCUT2D eigenvalue weighted by Crippen LogP contribution is 2.37. The minimum atomic E-state index is -2.58. The average Bonchev–Trinajstić information content (AvgIpc) is 3.48. The van der Waals surface area contributed by atoms with Crippen molar-refractivity contribution in [1.82, 2.24) is 29.8 Å². The van der Waals surface area contributed by atoms with Gasteiger partial charge in [0.15, 0.2) is 0 Å². The number of hydrogen-bond donors (Lipinski definition) is 1. The summed E-state index contributed by atoms with van der Waals surface area (Å²) in [5.41, 5.74) is 2.74. The van der Waals surface area contributed by atoms with E-state index in [1.165, 1.54) is 29.8 Å². The zero-order valence-corrected chi connectivity index (χ0v) is 16.7. The third kappa shape index (κ3) is 3.08. The topological polar surface area (TPSA) is 88.1 Å². The van der Waals surface area contributed by atoms with Crippen LogP contribution in [0.4, 0.5) is 14.8 Å². The first-order valence-corrected chi connectivity index (χ1v) is 10.5. The highest BCUT2D eigenvalue weighted by Gasteiger charge is 2.36. The summed E-state index contributed by atoms with van der Waals surface area (Å²) in [5.74, 6) is 1.26. The Hall–Kier alpha value is -3.30. The number of alkyl halides is 2. The lowest BCUT2D eigenvalue weighted by Gasteiger charge is -2.32. The second-order valence-electron chi connectivity index (χ2n) is 8.25. The molecule has 6 rings (SSSR count). The number of nitrogens with zero attached hydrogens (tertiary/aromatic N) is 6. The number of fused-ring (bicyclic) bond motifs is 2. The van der Waals surface area contributed by atoms with Gasteiger partial charge in [0.1, 0.15) is 6.04 Å². The zero-order valence-electron chi connectivity index (χ0n) is 16.7. The van der Waals surface area contributed by atoms with Gasteiger partial charge >= 0.3 is 6.01 Å². The SMILES string of the molecule is FC(F)c1cccn2nc([C@H]3c4nc[nH]c4CCN3c3nnc(CC4CCC4)o3)cc12. The lowest BCUT2D eigenvalue weighted by molar-refractivity contribution is 0.152. The molecular formula is C21H21F2N7O. The van der Waals surface area contributed by atoms with Gasteiger partial charge < -0.3 is 14.3 Å². The summed E-state index contributed by atoms with van der Waals surface area (Å²) in [6, 6.07) is 4.72. The average molecular weight is 425 g/mol. The Kier molecular flexibility index (Phi) is 4.25. The number of nitrogens with one attached hydrogen (secondary N) is 1. The fourth-order valence-corrected chi connectivity index (χ4v) is 4.54. The molecule has 2 aliphatic rings. The van der Waals surface area contributed by atoms with Gasteiger partial charge in [-0.2, -0.15) is 5.10 Å². The first kappa shape index (κ1) is 18.5. The van der Waals surface area contributed by atoms with Gasteiger partial charge in [0.2, 0.25) is 5.89 Å². The molecule has 0 radical (unpaired) electrons. The van der Waals surface area contributed by atoms with E-state index in [0.29, 0.717) is 35.6 Å². The Labute approximate surface area is 176 Å². The fraction of sp³-hybridized carbons (Fsp3) is 0.429. The minimum absolute atomic E-state index is 0.0496. The summed E-state index contributed by atoms with van der Waals surface area (Å²) < 4.78 is 34.5. The van der Waals surface area contributed by atoms with Crippen LogP contribution in [0.1, 0.15) is 60.3 Å². The highest BCUT2D eigenvalue weighted by atomic mass is 19.3. The van der Waals surface area contributed by atoms with Crippen molar-refractivity contribution < 1.29 is 13.2 Å². The maximum atomic E-state index is 13.5. The number of aromatic amines is 1. The molecule has 31 heavy (non-hydrogen) atoms. The third-order valence-electron chi connectivity index (χ3n) is 6.38. The van der Waals surface area contributed by atoms with Crippen molar-refractivity contribution in [2.24, 2.45) is 5.92 Å². The summed E-state index contributed by atoms with van der Waals surface area (Å²) in [5, 5.41) is 13.2. The molecule has 0 spiro atoms. The minimum Gasteiger partial charge on any atom is -0.408 e. The molecule has 4 aromatic heterocycles. The Morgan fingerprint density at radius 2 is 2.16 bits per heavy atom. The second-order valence-corrected chi connectivity index (χ2v) is 8.25. The van der Waals surface area contributed by atoms with Crippen LogP contribution in [-0.2, 0) is 12.8 Å². The van der Waals surface area contributed by atoms with Crippen LogP contribution in [0, 0.1) is 5.92 Å². The number of H-pyrrole nitrogens is 1. The van der Waals surface area contributed by atoms with Crippen LogP contribution in [0.2, 0.25) is 0 Å². The maximum absolute atomic E-state index is 13.5. The maximum Gasteiger partial charge on any atom is 0.319 e. The molecule has 0 unspecified atom stereocenters. The van der Waals surface area contributed by atoms with E-state index in [9.17, 15) is 8.78 Å². The van der Waals surface area contributed by atoms with Crippen molar-refractivity contribution in [3.8, 4) is 0 Å². The van der Waals surface area contributed by atoms with Gasteiger partial charge in [-0.15, -0.1) is 5.10 Å². The number of aromatic nitrogens is 6. The molecule has 0 amide bonds. The van der Waals surface area contributed by atoms with E-state index in [4.69, 9.17) is 4.42 Å². The van der Waals surface area contributed by atoms with Gasteiger partial charge in [-0.05, 0) is 37.0 Å². The van der Waals surface area contributed by atoms with Gasteiger partial charge in [0.05, 0.1) is 23.2 Å². The summed E-state index contributed by atoms with van der Waals surface area (Å²) >= 11 is 0. The molecule has 4 aromatic rings. The van der Waals surface area contributed by atoms with Crippen molar-refractivity contribution in [3.63, 3.8) is 0 Å². The largest absolute Gasteiger partial charge is 0.408 e. The van der Waals surface area contributed by atoms with E-state index in [-0.39, 0.29) is 5.56 Å². The monoisotopic (exact) mass is 425 g/mol. The van der Waals surface area contributed by atoms with Crippen molar-refractivity contribution in [1.29, 1.82) is 0 Å². The van der Waals surface area contributed by atoms with Crippen LogP contribution in [0.5, 0.6) is 0 Å². The predicted octanol–water partition coefficient (Wildman–Crippen LogP) is 3.87. The predicted molar refractivity (Wildman–Crippen MR) is 107 cm³/mol. The standard InChI is InChI=1S/C21H21F2N7O/c22-20(23)13-5-2-7-30-16(13)10-15(28-30)19-18-14(24-11-25-18)6-8-29(19)21-27-26-17(31-21)9-12-3-1-4-12/h2,5,7,10-12,19-20H,1,3-4,6,8-9H2,(H,24,25)/t19-/m0/s1. The smallest absolute Gasteiger partial charge is 0.319 e. The second kappa shape index (κ2) is 7.14. The number of halogens is 2. The van der Waals surface area contributed by atoms with Gasteiger partial charge in [0, 0.05) is 36.8 Å². The first-order valence-electron chi connectivity index (χ1n) is 10.5. The summed E-state index contributed by atoms with van der Waals surface area (Å²) in [7, 11) is 0. The number of imidazole rings is 1. The van der Waals surface area contributed by atoms with E-state index >= 15 is 0 Å². The third-order valence-corrected chi connectivity index (χ3v) is 6.38. The molecule has 1 saturated carbocycles. The van der Waals surface area contributed by atoms with Crippen LogP contribution >= 0.6 is 0 Å². The number of rotatable bonds is 5. The van der Waals surface area contributed by atoms with Crippen LogP contribution < -0.4 is 4.90 Å². The normalized spacial score (nSPS) is 19.2. The van der Waals surface area contributed by atoms with Crippen molar-refractivity contribution in [2.75, 3.05) is 11.4 Å². The molecule has 0 saturated heterocycles. The van der Waals surface area contributed by atoms with E-state index in [1.54, 1.807) is 24.7 Å². The molecule has 1 aliphatic heterocycles. The van der Waals surface area contributed by atoms with E-state index in [2.05, 4.69) is 25.3 Å². The molecule has 10 heteroatoms. The first-order chi connectivity index (χ1) is 15.2. The van der Waals surface area contributed by atoms with E-state index in [0.717, 1.165) is 24.2 Å². The van der Waals surface area contributed by atoms with Crippen LogP contribution in [-0.4, -0.2) is 36.3 Å². The summed E-state index contributed by atoms with van der Waals surface area (Å²) in [6.45, 7) is 0.625. The lowest BCUT2D eigenvalue weighted by Crippen LogP contribution is -2.37. The van der Waals surface area contributed by atoms with Gasteiger partial charge in [-0.1, -0.05) is 11.5 Å². The van der Waals surface area contributed by atoms with Crippen LogP contribution in [0.3, 0.4) is 0 Å². The summed E-state index contributed by atoms with van der Waals surface area (Å²) in [4.78, 5) is 9.67. The molecule has 1 N–H and O–H groups in total. The molecule has 5 heterocycles. The summed E-state index contributed by atoms with van der Waals surface area (Å²) in [6.07, 6.45) is 5.94.